The first-order valence-corrected chi connectivity index (χ1v) is 8.17. The maximum atomic E-state index is 12.4. The number of hydrogen-bond acceptors (Lipinski definition) is 3. The lowest BCUT2D eigenvalue weighted by Gasteiger charge is -2.20. The molecule has 0 amide bonds. The largest absolute Gasteiger partial charge is 0.480 e. The van der Waals surface area contributed by atoms with Crippen molar-refractivity contribution in [1.82, 2.24) is 0 Å². The summed E-state index contributed by atoms with van der Waals surface area (Å²) in [6.07, 6.45) is 9.44. The molecule has 1 aliphatic carbocycles. The van der Waals surface area contributed by atoms with Gasteiger partial charge in [-0.1, -0.05) is 48.4 Å². The van der Waals surface area contributed by atoms with Crippen molar-refractivity contribution >= 4 is 28.9 Å². The van der Waals surface area contributed by atoms with Crippen molar-refractivity contribution in [1.29, 1.82) is 0 Å². The van der Waals surface area contributed by atoms with Crippen LogP contribution in [0, 0.1) is 12.3 Å². The van der Waals surface area contributed by atoms with Crippen LogP contribution in [0.25, 0.3) is 28.0 Å². The quantitative estimate of drug-likeness (QED) is 0.518. The summed E-state index contributed by atoms with van der Waals surface area (Å²) in [5.41, 5.74) is 3.50. The summed E-state index contributed by atoms with van der Waals surface area (Å²) in [5, 5.41) is 1.53. The first-order valence-electron chi connectivity index (χ1n) is 8.17. The predicted octanol–water partition coefficient (Wildman–Crippen LogP) is 4.54. The fourth-order valence-corrected chi connectivity index (χ4v) is 3.42. The molecule has 3 heteroatoms. The summed E-state index contributed by atoms with van der Waals surface area (Å²) < 4.78 is 5.76. The highest BCUT2D eigenvalue weighted by atomic mass is 16.5. The van der Waals surface area contributed by atoms with E-state index >= 15 is 0 Å². The molecule has 0 heterocycles. The number of aldehydes is 1. The topological polar surface area (TPSA) is 43.4 Å². The van der Waals surface area contributed by atoms with Gasteiger partial charge in [-0.25, -0.2) is 0 Å². The molecule has 1 aliphatic rings. The number of ketones is 1. The Morgan fingerprint density at radius 2 is 1.85 bits per heavy atom. The van der Waals surface area contributed by atoms with Crippen molar-refractivity contribution < 1.29 is 14.3 Å². The minimum Gasteiger partial charge on any atom is -0.480 e. The molecular formula is C23H14O3. The Bertz CT molecular complexity index is 1120. The summed E-state index contributed by atoms with van der Waals surface area (Å²) >= 11 is 0. The minimum absolute atomic E-state index is 0.104. The van der Waals surface area contributed by atoms with Gasteiger partial charge in [0, 0.05) is 27.5 Å². The van der Waals surface area contributed by atoms with Crippen LogP contribution in [0.2, 0.25) is 0 Å². The molecule has 0 atom stereocenters. The number of rotatable bonds is 4. The van der Waals surface area contributed by atoms with Crippen LogP contribution in [-0.4, -0.2) is 18.7 Å². The van der Waals surface area contributed by atoms with Gasteiger partial charge in [0.1, 0.15) is 12.4 Å². The van der Waals surface area contributed by atoms with Gasteiger partial charge in [0.2, 0.25) is 0 Å². The Morgan fingerprint density at radius 3 is 2.58 bits per heavy atom. The molecule has 3 nitrogen and oxygen atoms in total. The monoisotopic (exact) mass is 338 g/mol. The van der Waals surface area contributed by atoms with Gasteiger partial charge in [0.25, 0.3) is 0 Å². The molecule has 0 fully saturated rings. The van der Waals surface area contributed by atoms with E-state index in [1.165, 1.54) is 6.08 Å². The third-order valence-corrected chi connectivity index (χ3v) is 4.49. The van der Waals surface area contributed by atoms with Gasteiger partial charge in [-0.05, 0) is 29.3 Å². The van der Waals surface area contributed by atoms with Crippen LogP contribution in [0.15, 0.2) is 54.6 Å². The molecule has 0 radical (unpaired) electrons. The summed E-state index contributed by atoms with van der Waals surface area (Å²) in [6, 6.07) is 15.0. The van der Waals surface area contributed by atoms with E-state index in [0.717, 1.165) is 33.7 Å². The number of ether oxygens (including phenoxy) is 1. The number of allylic oxidation sites excluding steroid dienone is 1. The predicted molar refractivity (Wildman–Crippen MR) is 102 cm³/mol. The summed E-state index contributed by atoms with van der Waals surface area (Å²) in [6.45, 7) is 0.104. The van der Waals surface area contributed by atoms with Gasteiger partial charge in [0.15, 0.2) is 12.1 Å². The average molecular weight is 338 g/mol. The maximum Gasteiger partial charge on any atom is 0.186 e. The Hall–Kier alpha value is -3.64. The molecule has 0 N–H and O–H groups in total. The third-order valence-electron chi connectivity index (χ3n) is 4.49. The van der Waals surface area contributed by atoms with E-state index in [-0.39, 0.29) is 12.4 Å². The van der Waals surface area contributed by atoms with Crippen molar-refractivity contribution in [3.8, 4) is 29.2 Å². The molecule has 26 heavy (non-hydrogen) atoms. The highest BCUT2D eigenvalue weighted by molar-refractivity contribution is 6.24. The lowest BCUT2D eigenvalue weighted by molar-refractivity contribution is 0.104. The van der Waals surface area contributed by atoms with Crippen LogP contribution in [0.3, 0.4) is 0 Å². The Balaban J connectivity index is 2.19. The smallest absolute Gasteiger partial charge is 0.186 e. The molecule has 0 aliphatic heterocycles. The first kappa shape index (κ1) is 15.9. The summed E-state index contributed by atoms with van der Waals surface area (Å²) in [5.74, 6) is 2.90. The average Bonchev–Trinajstić information content (AvgIpc) is 2.69. The first-order chi connectivity index (χ1) is 12.7. The van der Waals surface area contributed by atoms with Crippen LogP contribution in [0.5, 0.6) is 5.75 Å². The third kappa shape index (κ3) is 2.40. The number of carbonyl (C=O) groups excluding carboxylic acids is 2. The van der Waals surface area contributed by atoms with E-state index in [4.69, 9.17) is 11.2 Å². The van der Waals surface area contributed by atoms with Gasteiger partial charge in [0.05, 0.1) is 0 Å². The zero-order chi connectivity index (χ0) is 18.1. The second-order valence-corrected chi connectivity index (χ2v) is 5.97. The molecule has 0 bridgehead atoms. The molecule has 0 saturated carbocycles. The van der Waals surface area contributed by atoms with Crippen LogP contribution < -0.4 is 4.74 Å². The molecule has 4 rings (SSSR count). The molecule has 0 saturated heterocycles. The van der Waals surface area contributed by atoms with E-state index < -0.39 is 0 Å². The fraction of sp³-hybridized carbons (Fsp3) is 0.0435. The van der Waals surface area contributed by atoms with Crippen molar-refractivity contribution in [2.75, 3.05) is 6.61 Å². The van der Waals surface area contributed by atoms with E-state index in [0.29, 0.717) is 16.9 Å². The van der Waals surface area contributed by atoms with Crippen LogP contribution in [0.1, 0.15) is 26.3 Å². The highest BCUT2D eigenvalue weighted by Gasteiger charge is 2.23. The Morgan fingerprint density at radius 1 is 1.04 bits per heavy atom. The molecular weight excluding hydrogens is 324 g/mol. The van der Waals surface area contributed by atoms with Gasteiger partial charge >= 0.3 is 0 Å². The van der Waals surface area contributed by atoms with Crippen molar-refractivity contribution in [3.63, 3.8) is 0 Å². The normalized spacial score (nSPS) is 12.0. The van der Waals surface area contributed by atoms with Gasteiger partial charge in [-0.2, -0.15) is 0 Å². The van der Waals surface area contributed by atoms with E-state index in [1.54, 1.807) is 12.1 Å². The molecule has 0 unspecified atom stereocenters. The Kier molecular flexibility index (Phi) is 3.87. The van der Waals surface area contributed by atoms with Gasteiger partial charge in [-0.3, -0.25) is 9.59 Å². The minimum atomic E-state index is -0.126. The van der Waals surface area contributed by atoms with E-state index in [2.05, 4.69) is 5.92 Å². The summed E-state index contributed by atoms with van der Waals surface area (Å²) in [7, 11) is 0. The van der Waals surface area contributed by atoms with Crippen LogP contribution >= 0.6 is 0 Å². The molecule has 0 aromatic heterocycles. The van der Waals surface area contributed by atoms with Crippen molar-refractivity contribution in [3.05, 3.63) is 71.3 Å². The molecule has 124 valence electrons. The second-order valence-electron chi connectivity index (χ2n) is 5.97. The highest BCUT2D eigenvalue weighted by Crippen LogP contribution is 2.42. The van der Waals surface area contributed by atoms with E-state index in [9.17, 15) is 9.59 Å². The van der Waals surface area contributed by atoms with Crippen molar-refractivity contribution in [2.24, 2.45) is 0 Å². The van der Waals surface area contributed by atoms with Gasteiger partial charge in [-0.15, -0.1) is 6.42 Å². The molecule has 0 spiro atoms. The van der Waals surface area contributed by atoms with Crippen LogP contribution in [0.4, 0.5) is 0 Å². The molecule has 3 aromatic carbocycles. The SMILES string of the molecule is C#CCOc1ccc2c3c(cc(C=O)c(-c4ccccc4)c13)C(=O)C=C2. The number of benzene rings is 3. The summed E-state index contributed by atoms with van der Waals surface area (Å²) in [4.78, 5) is 24.3. The van der Waals surface area contributed by atoms with Crippen LogP contribution in [-0.2, 0) is 0 Å². The fourth-order valence-electron chi connectivity index (χ4n) is 3.42. The lowest BCUT2D eigenvalue weighted by atomic mass is 9.85. The zero-order valence-electron chi connectivity index (χ0n) is 13.9. The molecule has 3 aromatic rings. The standard InChI is InChI=1S/C23H14O3/c1-2-12-26-20-11-9-16-8-10-19(25)18-13-17(14-24)21(23(20)22(16)18)15-6-4-3-5-7-15/h1,3-11,13-14H,12H2. The number of carbonyl (C=O) groups is 2. The Labute approximate surface area is 150 Å². The van der Waals surface area contributed by atoms with Gasteiger partial charge < -0.3 is 4.74 Å². The second kappa shape index (κ2) is 6.34. The number of terminal acetylenes is 1. The maximum absolute atomic E-state index is 12.4. The van der Waals surface area contributed by atoms with E-state index in [1.807, 2.05) is 42.5 Å². The zero-order valence-corrected chi connectivity index (χ0v) is 13.9. The lowest BCUT2D eigenvalue weighted by Crippen LogP contribution is -2.06. The van der Waals surface area contributed by atoms with Crippen molar-refractivity contribution in [2.45, 2.75) is 0 Å². The number of hydrogen-bond donors (Lipinski definition) is 0.